The van der Waals surface area contributed by atoms with Crippen LogP contribution in [0.25, 0.3) is 0 Å². The predicted octanol–water partition coefficient (Wildman–Crippen LogP) is 0.654. The maximum absolute atomic E-state index is 12.4. The van der Waals surface area contributed by atoms with Gasteiger partial charge in [-0.05, 0) is 37.0 Å². The minimum Gasteiger partial charge on any atom is -0.384 e. The minimum absolute atomic E-state index is 0.228. The van der Waals surface area contributed by atoms with E-state index in [2.05, 4.69) is 16.6 Å². The predicted molar refractivity (Wildman–Crippen MR) is 79.3 cm³/mol. The fourth-order valence-electron chi connectivity index (χ4n) is 2.16. The van der Waals surface area contributed by atoms with E-state index in [1.165, 1.54) is 6.07 Å². The molecule has 0 aliphatic carbocycles. The van der Waals surface area contributed by atoms with Crippen molar-refractivity contribution in [3.8, 4) is 11.8 Å². The Bertz CT molecular complexity index is 652. The van der Waals surface area contributed by atoms with Crippen molar-refractivity contribution in [1.82, 2.24) is 4.72 Å². The van der Waals surface area contributed by atoms with Crippen molar-refractivity contribution in [3.05, 3.63) is 29.3 Å². The van der Waals surface area contributed by atoms with E-state index in [4.69, 9.17) is 9.84 Å². The zero-order chi connectivity index (χ0) is 15.3. The molecule has 114 valence electrons. The van der Waals surface area contributed by atoms with Gasteiger partial charge >= 0.3 is 0 Å². The molecule has 2 N–H and O–H groups in total. The Kier molecular flexibility index (Phi) is 5.37. The second-order valence-electron chi connectivity index (χ2n) is 5.02. The Labute approximate surface area is 125 Å². The van der Waals surface area contributed by atoms with Gasteiger partial charge in [0, 0.05) is 18.7 Å². The molecule has 1 unspecified atom stereocenters. The first-order chi connectivity index (χ1) is 10.0. The van der Waals surface area contributed by atoms with Crippen molar-refractivity contribution < 1.29 is 18.3 Å². The van der Waals surface area contributed by atoms with E-state index < -0.39 is 10.0 Å². The molecule has 2 rings (SSSR count). The van der Waals surface area contributed by atoms with Crippen LogP contribution in [-0.2, 0) is 14.8 Å². The van der Waals surface area contributed by atoms with Crippen LogP contribution < -0.4 is 4.72 Å². The summed E-state index contributed by atoms with van der Waals surface area (Å²) < 4.78 is 32.6. The molecular formula is C15H19NO4S. The normalized spacial score (nSPS) is 18.3. The summed E-state index contributed by atoms with van der Waals surface area (Å²) in [5.41, 5.74) is 1.24. The Morgan fingerprint density at radius 2 is 2.29 bits per heavy atom. The highest BCUT2D eigenvalue weighted by molar-refractivity contribution is 7.89. The van der Waals surface area contributed by atoms with Crippen LogP contribution in [0.3, 0.4) is 0 Å². The zero-order valence-electron chi connectivity index (χ0n) is 11.9. The summed E-state index contributed by atoms with van der Waals surface area (Å²) in [6.45, 7) is 3.17. The first kappa shape index (κ1) is 16.0. The molecule has 0 bridgehead atoms. The molecule has 1 heterocycles. The van der Waals surface area contributed by atoms with Gasteiger partial charge in [-0.15, -0.1) is 0 Å². The van der Waals surface area contributed by atoms with Crippen molar-refractivity contribution >= 4 is 10.0 Å². The lowest BCUT2D eigenvalue weighted by atomic mass is 10.1. The first-order valence-electron chi connectivity index (χ1n) is 6.81. The van der Waals surface area contributed by atoms with E-state index >= 15 is 0 Å². The number of sulfonamides is 1. The van der Waals surface area contributed by atoms with Crippen LogP contribution in [0, 0.1) is 24.7 Å². The molecule has 0 amide bonds. The van der Waals surface area contributed by atoms with E-state index in [9.17, 15) is 8.42 Å². The second-order valence-corrected chi connectivity index (χ2v) is 6.76. The lowest BCUT2D eigenvalue weighted by Gasteiger charge is -2.12. The lowest BCUT2D eigenvalue weighted by molar-refractivity contribution is 0.186. The molecule has 1 fully saturated rings. The summed E-state index contributed by atoms with van der Waals surface area (Å²) in [4.78, 5) is 0.228. The number of rotatable bonds is 4. The number of aliphatic hydroxyl groups excluding tert-OH is 1. The minimum atomic E-state index is -3.56. The molecule has 5 nitrogen and oxygen atoms in total. The highest BCUT2D eigenvalue weighted by Crippen LogP contribution is 2.18. The van der Waals surface area contributed by atoms with Crippen LogP contribution in [0.1, 0.15) is 17.5 Å². The van der Waals surface area contributed by atoms with Gasteiger partial charge in [0.05, 0.1) is 11.5 Å². The van der Waals surface area contributed by atoms with E-state index in [1.807, 2.05) is 0 Å². The summed E-state index contributed by atoms with van der Waals surface area (Å²) in [6, 6.07) is 4.99. The van der Waals surface area contributed by atoms with E-state index in [1.54, 1.807) is 19.1 Å². The molecule has 1 atom stereocenters. The van der Waals surface area contributed by atoms with E-state index in [0.717, 1.165) is 6.42 Å². The maximum atomic E-state index is 12.4. The highest BCUT2D eigenvalue weighted by atomic mass is 32.2. The largest absolute Gasteiger partial charge is 0.384 e. The highest BCUT2D eigenvalue weighted by Gasteiger charge is 2.21. The van der Waals surface area contributed by atoms with Gasteiger partial charge in [-0.3, -0.25) is 0 Å². The van der Waals surface area contributed by atoms with Crippen LogP contribution in [0.5, 0.6) is 0 Å². The summed E-state index contributed by atoms with van der Waals surface area (Å²) >= 11 is 0. The first-order valence-corrected chi connectivity index (χ1v) is 8.29. The molecule has 6 heteroatoms. The van der Waals surface area contributed by atoms with Crippen LogP contribution in [0.4, 0.5) is 0 Å². The summed E-state index contributed by atoms with van der Waals surface area (Å²) in [7, 11) is -3.56. The molecule has 0 radical (unpaired) electrons. The van der Waals surface area contributed by atoms with Crippen molar-refractivity contribution in [1.29, 1.82) is 0 Å². The van der Waals surface area contributed by atoms with Crippen molar-refractivity contribution in [2.75, 3.05) is 26.4 Å². The van der Waals surface area contributed by atoms with Gasteiger partial charge in [0.2, 0.25) is 10.0 Å². The lowest BCUT2D eigenvalue weighted by Crippen LogP contribution is -2.30. The molecule has 0 saturated carbocycles. The third-order valence-electron chi connectivity index (χ3n) is 3.38. The smallest absolute Gasteiger partial charge is 0.240 e. The fourth-order valence-corrected chi connectivity index (χ4v) is 3.54. The summed E-state index contributed by atoms with van der Waals surface area (Å²) in [5, 5.41) is 8.70. The average molecular weight is 309 g/mol. The molecular weight excluding hydrogens is 290 g/mol. The van der Waals surface area contributed by atoms with Crippen LogP contribution >= 0.6 is 0 Å². The summed E-state index contributed by atoms with van der Waals surface area (Å²) in [6.07, 6.45) is 0.878. The Hall–Kier alpha value is -1.39. The van der Waals surface area contributed by atoms with Gasteiger partial charge in [0.1, 0.15) is 6.61 Å². The van der Waals surface area contributed by atoms with Gasteiger partial charge in [0.15, 0.2) is 0 Å². The maximum Gasteiger partial charge on any atom is 0.240 e. The number of ether oxygens (including phenoxy) is 1. The quantitative estimate of drug-likeness (QED) is 0.801. The number of aliphatic hydroxyl groups is 1. The van der Waals surface area contributed by atoms with Crippen molar-refractivity contribution in [3.63, 3.8) is 0 Å². The van der Waals surface area contributed by atoms with Gasteiger partial charge in [-0.2, -0.15) is 0 Å². The van der Waals surface area contributed by atoms with Crippen LogP contribution in [0.2, 0.25) is 0 Å². The van der Waals surface area contributed by atoms with E-state index in [0.29, 0.717) is 30.9 Å². The molecule has 1 aliphatic heterocycles. The summed E-state index contributed by atoms with van der Waals surface area (Å²) in [5.74, 6) is 5.47. The van der Waals surface area contributed by atoms with E-state index in [-0.39, 0.29) is 17.4 Å². The van der Waals surface area contributed by atoms with Crippen molar-refractivity contribution in [2.45, 2.75) is 18.2 Å². The van der Waals surface area contributed by atoms with Gasteiger partial charge in [-0.1, -0.05) is 17.9 Å². The SMILES string of the molecule is Cc1ccc(C#CCO)cc1S(=O)(=O)NCC1CCOC1. The zero-order valence-corrected chi connectivity index (χ0v) is 12.7. The standard InChI is InChI=1S/C15H19NO4S/c1-12-4-5-13(3-2-7-17)9-15(12)21(18,19)16-10-14-6-8-20-11-14/h4-5,9,14,16-17H,6-8,10-11H2,1H3. The number of hydrogen-bond acceptors (Lipinski definition) is 4. The van der Waals surface area contributed by atoms with Crippen LogP contribution in [0.15, 0.2) is 23.1 Å². The van der Waals surface area contributed by atoms with Gasteiger partial charge in [-0.25, -0.2) is 13.1 Å². The molecule has 0 spiro atoms. The van der Waals surface area contributed by atoms with Crippen molar-refractivity contribution in [2.24, 2.45) is 5.92 Å². The molecule has 1 aromatic rings. The molecule has 1 aromatic carbocycles. The third kappa shape index (κ3) is 4.29. The van der Waals surface area contributed by atoms with Gasteiger partial charge in [0.25, 0.3) is 0 Å². The Morgan fingerprint density at radius 3 is 2.95 bits per heavy atom. The number of benzene rings is 1. The monoisotopic (exact) mass is 309 g/mol. The number of nitrogens with one attached hydrogen (secondary N) is 1. The average Bonchev–Trinajstić information content (AvgIpc) is 2.97. The Morgan fingerprint density at radius 1 is 1.48 bits per heavy atom. The molecule has 1 aliphatic rings. The second kappa shape index (κ2) is 7.05. The third-order valence-corrected chi connectivity index (χ3v) is 4.94. The molecule has 1 saturated heterocycles. The molecule has 0 aromatic heterocycles. The number of aryl methyl sites for hydroxylation is 1. The molecule has 21 heavy (non-hydrogen) atoms. The van der Waals surface area contributed by atoms with Gasteiger partial charge < -0.3 is 9.84 Å². The Balaban J connectivity index is 2.17. The topological polar surface area (TPSA) is 75.6 Å². The number of hydrogen-bond donors (Lipinski definition) is 2. The van der Waals surface area contributed by atoms with Crippen LogP contribution in [-0.4, -0.2) is 39.9 Å². The fraction of sp³-hybridized carbons (Fsp3) is 0.467.